The van der Waals surface area contributed by atoms with E-state index in [1.54, 1.807) is 7.05 Å². The number of hydrogen-bond donors (Lipinski definition) is 2. The van der Waals surface area contributed by atoms with Gasteiger partial charge in [0.1, 0.15) is 5.75 Å². The van der Waals surface area contributed by atoms with Crippen molar-refractivity contribution in [2.24, 2.45) is 16.8 Å². The van der Waals surface area contributed by atoms with Crippen LogP contribution in [-0.4, -0.2) is 50.1 Å². The summed E-state index contributed by atoms with van der Waals surface area (Å²) in [7, 11) is 1.70. The third-order valence-electron chi connectivity index (χ3n) is 4.92. The van der Waals surface area contributed by atoms with Crippen LogP contribution in [0, 0.1) is 11.8 Å². The van der Waals surface area contributed by atoms with Crippen LogP contribution in [0.2, 0.25) is 0 Å². The summed E-state index contributed by atoms with van der Waals surface area (Å²) in [6.45, 7) is 10.5. The molecule has 1 heterocycles. The molecule has 0 aromatic heterocycles. The molecule has 0 spiro atoms. The Balaban J connectivity index is 0.00000420. The molecule has 2 rings (SSSR count). The molecule has 1 aromatic rings. The van der Waals surface area contributed by atoms with Gasteiger partial charge in [-0.15, -0.1) is 24.0 Å². The lowest BCUT2D eigenvalue weighted by molar-refractivity contribution is -0.121. The van der Waals surface area contributed by atoms with Crippen LogP contribution < -0.4 is 15.4 Å². The second-order valence-electron chi connectivity index (χ2n) is 7.83. The SMILES string of the molecule is CCNC(=NCc1ccc(OCC(C)C)cc1)N1CCC(CC(=O)NC)CC1.I. The predicted octanol–water partition coefficient (Wildman–Crippen LogP) is 3.65. The lowest BCUT2D eigenvalue weighted by Gasteiger charge is -2.34. The molecule has 1 amide bonds. The van der Waals surface area contributed by atoms with Crippen LogP contribution in [0.5, 0.6) is 5.75 Å². The van der Waals surface area contributed by atoms with Crippen LogP contribution in [0.15, 0.2) is 29.3 Å². The zero-order chi connectivity index (χ0) is 20.4. The molecule has 0 bridgehead atoms. The Morgan fingerprint density at radius 3 is 2.45 bits per heavy atom. The molecule has 1 aromatic carbocycles. The standard InChI is InChI=1S/C22H36N4O2.HI/c1-5-24-22(26-12-10-18(11-13-26)14-21(27)23-4)25-15-19-6-8-20(9-7-19)28-16-17(2)3;/h6-9,17-18H,5,10-16H2,1-4H3,(H,23,27)(H,24,25);1H. The number of aliphatic imine (C=N–C) groups is 1. The molecule has 1 aliphatic rings. The second kappa shape index (κ2) is 13.7. The molecule has 6 nitrogen and oxygen atoms in total. The van der Waals surface area contributed by atoms with Crippen molar-refractivity contribution < 1.29 is 9.53 Å². The molecule has 2 N–H and O–H groups in total. The Morgan fingerprint density at radius 1 is 1.24 bits per heavy atom. The quantitative estimate of drug-likeness (QED) is 0.315. The van der Waals surface area contributed by atoms with Crippen LogP contribution in [0.4, 0.5) is 0 Å². The van der Waals surface area contributed by atoms with Gasteiger partial charge in [-0.05, 0) is 49.3 Å². The first-order chi connectivity index (χ1) is 13.5. The minimum atomic E-state index is 0. The van der Waals surface area contributed by atoms with Crippen molar-refractivity contribution in [3.8, 4) is 5.75 Å². The number of carbonyl (C=O) groups is 1. The van der Waals surface area contributed by atoms with Crippen LogP contribution in [0.3, 0.4) is 0 Å². The van der Waals surface area contributed by atoms with E-state index in [2.05, 4.69) is 48.4 Å². The Bertz CT molecular complexity index is 626. The van der Waals surface area contributed by atoms with Gasteiger partial charge in [0.2, 0.25) is 5.91 Å². The van der Waals surface area contributed by atoms with E-state index in [9.17, 15) is 4.79 Å². The molecule has 1 fully saturated rings. The summed E-state index contributed by atoms with van der Waals surface area (Å²) in [5.41, 5.74) is 1.17. The number of piperidine rings is 1. The summed E-state index contributed by atoms with van der Waals surface area (Å²) in [5, 5.41) is 6.13. The maximum absolute atomic E-state index is 11.6. The van der Waals surface area contributed by atoms with E-state index >= 15 is 0 Å². The minimum absolute atomic E-state index is 0. The summed E-state index contributed by atoms with van der Waals surface area (Å²) in [6, 6.07) is 8.20. The number of carbonyl (C=O) groups excluding carboxylic acids is 1. The summed E-state index contributed by atoms with van der Waals surface area (Å²) >= 11 is 0. The summed E-state index contributed by atoms with van der Waals surface area (Å²) in [4.78, 5) is 18.7. The maximum atomic E-state index is 11.6. The van der Waals surface area contributed by atoms with Gasteiger partial charge < -0.3 is 20.3 Å². The molecule has 29 heavy (non-hydrogen) atoms. The van der Waals surface area contributed by atoms with E-state index < -0.39 is 0 Å². The molecule has 1 aliphatic heterocycles. The fraction of sp³-hybridized carbons (Fsp3) is 0.636. The molecule has 7 heteroatoms. The molecule has 0 saturated carbocycles. The van der Waals surface area contributed by atoms with Crippen molar-refractivity contribution in [3.63, 3.8) is 0 Å². The van der Waals surface area contributed by atoms with E-state index in [4.69, 9.17) is 9.73 Å². The Labute approximate surface area is 192 Å². The van der Waals surface area contributed by atoms with Crippen LogP contribution in [-0.2, 0) is 11.3 Å². The van der Waals surface area contributed by atoms with Gasteiger partial charge in [-0.3, -0.25) is 4.79 Å². The maximum Gasteiger partial charge on any atom is 0.220 e. The van der Waals surface area contributed by atoms with E-state index in [1.807, 2.05) is 12.1 Å². The first kappa shape index (κ1) is 25.5. The number of likely N-dealkylation sites (tertiary alicyclic amines) is 1. The molecule has 0 atom stereocenters. The van der Waals surface area contributed by atoms with Crippen molar-refractivity contribution >= 4 is 35.8 Å². The van der Waals surface area contributed by atoms with Crippen LogP contribution in [0.25, 0.3) is 0 Å². The minimum Gasteiger partial charge on any atom is -0.493 e. The van der Waals surface area contributed by atoms with E-state index in [1.165, 1.54) is 5.56 Å². The zero-order valence-electron chi connectivity index (χ0n) is 18.2. The summed E-state index contributed by atoms with van der Waals surface area (Å²) in [6.07, 6.45) is 2.68. The Hall–Kier alpha value is -1.51. The summed E-state index contributed by atoms with van der Waals surface area (Å²) in [5.74, 6) is 3.00. The van der Waals surface area contributed by atoms with Crippen molar-refractivity contribution in [3.05, 3.63) is 29.8 Å². The number of guanidine groups is 1. The number of rotatable bonds is 8. The van der Waals surface area contributed by atoms with E-state index in [-0.39, 0.29) is 29.9 Å². The molecule has 0 radical (unpaired) electrons. The molecular weight excluding hydrogens is 479 g/mol. The van der Waals surface area contributed by atoms with Crippen molar-refractivity contribution in [2.45, 2.75) is 46.6 Å². The highest BCUT2D eigenvalue weighted by atomic mass is 127. The molecular formula is C22H37IN4O2. The lowest BCUT2D eigenvalue weighted by atomic mass is 9.93. The molecule has 1 saturated heterocycles. The highest BCUT2D eigenvalue weighted by Crippen LogP contribution is 2.21. The molecule has 0 aliphatic carbocycles. The Morgan fingerprint density at radius 2 is 1.90 bits per heavy atom. The summed E-state index contributed by atoms with van der Waals surface area (Å²) < 4.78 is 5.74. The van der Waals surface area contributed by atoms with Gasteiger partial charge in [0.25, 0.3) is 0 Å². The molecule has 0 unspecified atom stereocenters. The lowest BCUT2D eigenvalue weighted by Crippen LogP contribution is -2.46. The van der Waals surface area contributed by atoms with Gasteiger partial charge in [0.05, 0.1) is 13.2 Å². The van der Waals surface area contributed by atoms with Gasteiger partial charge in [0, 0.05) is 33.1 Å². The predicted molar refractivity (Wildman–Crippen MR) is 130 cm³/mol. The second-order valence-corrected chi connectivity index (χ2v) is 7.83. The first-order valence-corrected chi connectivity index (χ1v) is 10.5. The van der Waals surface area contributed by atoms with Gasteiger partial charge in [0.15, 0.2) is 5.96 Å². The number of halogens is 1. The topological polar surface area (TPSA) is 66.0 Å². The number of hydrogen-bond acceptors (Lipinski definition) is 3. The monoisotopic (exact) mass is 516 g/mol. The van der Waals surface area contributed by atoms with E-state index in [0.29, 0.717) is 24.8 Å². The van der Waals surface area contributed by atoms with Crippen molar-refractivity contribution in [2.75, 3.05) is 33.3 Å². The highest BCUT2D eigenvalue weighted by Gasteiger charge is 2.23. The fourth-order valence-corrected chi connectivity index (χ4v) is 3.26. The fourth-order valence-electron chi connectivity index (χ4n) is 3.26. The first-order valence-electron chi connectivity index (χ1n) is 10.5. The van der Waals surface area contributed by atoms with Gasteiger partial charge in [-0.25, -0.2) is 4.99 Å². The van der Waals surface area contributed by atoms with Crippen molar-refractivity contribution in [1.82, 2.24) is 15.5 Å². The average molecular weight is 516 g/mol. The third kappa shape index (κ3) is 9.23. The average Bonchev–Trinajstić information content (AvgIpc) is 2.71. The number of nitrogens with one attached hydrogen (secondary N) is 2. The van der Waals surface area contributed by atoms with Crippen LogP contribution in [0.1, 0.15) is 45.6 Å². The number of benzene rings is 1. The van der Waals surface area contributed by atoms with Gasteiger partial charge in [-0.1, -0.05) is 26.0 Å². The number of nitrogens with zero attached hydrogens (tertiary/aromatic N) is 2. The smallest absolute Gasteiger partial charge is 0.220 e. The van der Waals surface area contributed by atoms with Crippen LogP contribution >= 0.6 is 24.0 Å². The van der Waals surface area contributed by atoms with Crippen molar-refractivity contribution in [1.29, 1.82) is 0 Å². The number of amides is 1. The van der Waals surface area contributed by atoms with E-state index in [0.717, 1.165) is 50.8 Å². The molecule has 164 valence electrons. The third-order valence-corrected chi connectivity index (χ3v) is 4.92. The number of ether oxygens (including phenoxy) is 1. The normalized spacial score (nSPS) is 15.1. The highest BCUT2D eigenvalue weighted by molar-refractivity contribution is 14.0. The van der Waals surface area contributed by atoms with Gasteiger partial charge in [-0.2, -0.15) is 0 Å². The van der Waals surface area contributed by atoms with Gasteiger partial charge >= 0.3 is 0 Å². The zero-order valence-corrected chi connectivity index (χ0v) is 20.6. The largest absolute Gasteiger partial charge is 0.493 e. The Kier molecular flexibility index (Phi) is 12.0.